The maximum atomic E-state index is 13.0. The molecule has 7 nitrogen and oxygen atoms in total. The van der Waals surface area contributed by atoms with Crippen molar-refractivity contribution in [3.05, 3.63) is 29.8 Å². The first-order valence-electron chi connectivity index (χ1n) is 9.82. The molecule has 1 saturated heterocycles. The van der Waals surface area contributed by atoms with Crippen LogP contribution >= 0.6 is 11.8 Å². The van der Waals surface area contributed by atoms with E-state index in [9.17, 15) is 13.2 Å². The first-order chi connectivity index (χ1) is 13.7. The van der Waals surface area contributed by atoms with E-state index in [0.29, 0.717) is 11.6 Å². The van der Waals surface area contributed by atoms with Crippen molar-refractivity contribution in [1.82, 2.24) is 19.7 Å². The van der Waals surface area contributed by atoms with Crippen LogP contribution in [0.25, 0.3) is 11.4 Å². The van der Waals surface area contributed by atoms with E-state index in [4.69, 9.17) is 0 Å². The molecule has 0 aliphatic carbocycles. The average molecular weight is 437 g/mol. The molecule has 29 heavy (non-hydrogen) atoms. The number of aryl methyl sites for hydroxylation is 1. The van der Waals surface area contributed by atoms with Gasteiger partial charge in [0.25, 0.3) is 0 Å². The molecule has 1 aromatic heterocycles. The zero-order valence-electron chi connectivity index (χ0n) is 17.3. The lowest BCUT2D eigenvalue weighted by molar-refractivity contribution is -0.132. The van der Waals surface area contributed by atoms with Crippen molar-refractivity contribution in [2.24, 2.45) is 7.05 Å². The van der Waals surface area contributed by atoms with Gasteiger partial charge in [-0.15, -0.1) is 10.2 Å². The van der Waals surface area contributed by atoms with Gasteiger partial charge in [-0.3, -0.25) is 4.79 Å². The summed E-state index contributed by atoms with van der Waals surface area (Å²) in [5, 5.41) is 9.18. The van der Waals surface area contributed by atoms with Crippen LogP contribution in [0.2, 0.25) is 0 Å². The lowest BCUT2D eigenvalue weighted by Crippen LogP contribution is -2.47. The second kappa shape index (κ2) is 8.87. The summed E-state index contributed by atoms with van der Waals surface area (Å²) in [6, 6.07) is 7.84. The Morgan fingerprint density at radius 1 is 1.31 bits per heavy atom. The Kier molecular flexibility index (Phi) is 6.68. The van der Waals surface area contributed by atoms with E-state index in [-0.39, 0.29) is 35.2 Å². The SMILES string of the molecule is CCC(C)N(C(=O)CSc1nnc(-c2ccc(C)cc2)n1C)C1CCS(=O)(=O)C1. The van der Waals surface area contributed by atoms with Gasteiger partial charge in [0.1, 0.15) is 0 Å². The number of rotatable bonds is 7. The predicted molar refractivity (Wildman–Crippen MR) is 116 cm³/mol. The second-order valence-electron chi connectivity index (χ2n) is 7.64. The smallest absolute Gasteiger partial charge is 0.233 e. The molecule has 1 amide bonds. The van der Waals surface area contributed by atoms with Crippen molar-refractivity contribution >= 4 is 27.5 Å². The fraction of sp³-hybridized carbons (Fsp3) is 0.550. The van der Waals surface area contributed by atoms with Crippen LogP contribution in [0.3, 0.4) is 0 Å². The highest BCUT2D eigenvalue weighted by Crippen LogP contribution is 2.26. The summed E-state index contributed by atoms with van der Waals surface area (Å²) in [4.78, 5) is 14.8. The zero-order chi connectivity index (χ0) is 21.2. The molecule has 1 aliphatic rings. The minimum absolute atomic E-state index is 0.00372. The van der Waals surface area contributed by atoms with Gasteiger partial charge in [-0.05, 0) is 26.7 Å². The van der Waals surface area contributed by atoms with Crippen molar-refractivity contribution in [2.75, 3.05) is 17.3 Å². The quantitative estimate of drug-likeness (QED) is 0.621. The monoisotopic (exact) mass is 436 g/mol. The van der Waals surface area contributed by atoms with Gasteiger partial charge in [0.05, 0.1) is 17.3 Å². The third kappa shape index (κ3) is 5.01. The van der Waals surface area contributed by atoms with Gasteiger partial charge in [0, 0.05) is 24.7 Å². The summed E-state index contributed by atoms with van der Waals surface area (Å²) in [5.41, 5.74) is 2.15. The van der Waals surface area contributed by atoms with Gasteiger partial charge < -0.3 is 9.47 Å². The van der Waals surface area contributed by atoms with E-state index in [0.717, 1.165) is 17.8 Å². The highest BCUT2D eigenvalue weighted by Gasteiger charge is 2.36. The van der Waals surface area contributed by atoms with Crippen molar-refractivity contribution in [2.45, 2.75) is 50.9 Å². The van der Waals surface area contributed by atoms with Crippen LogP contribution in [0.5, 0.6) is 0 Å². The number of carbonyl (C=O) groups is 1. The first kappa shape index (κ1) is 21.8. The lowest BCUT2D eigenvalue weighted by atomic mass is 10.1. The third-order valence-corrected chi connectivity index (χ3v) is 8.18. The second-order valence-corrected chi connectivity index (χ2v) is 10.8. The van der Waals surface area contributed by atoms with Crippen LogP contribution in [0.15, 0.2) is 29.4 Å². The Bertz CT molecular complexity index is 970. The average Bonchev–Trinajstić information content (AvgIpc) is 3.22. The molecule has 0 saturated carbocycles. The van der Waals surface area contributed by atoms with Crippen molar-refractivity contribution < 1.29 is 13.2 Å². The molecule has 1 fully saturated rings. The summed E-state index contributed by atoms with van der Waals surface area (Å²) in [7, 11) is -1.16. The van der Waals surface area contributed by atoms with Gasteiger partial charge in [-0.2, -0.15) is 0 Å². The molecule has 9 heteroatoms. The van der Waals surface area contributed by atoms with E-state index in [1.165, 1.54) is 17.3 Å². The zero-order valence-corrected chi connectivity index (χ0v) is 19.0. The Hall–Kier alpha value is -1.87. The minimum Gasteiger partial charge on any atom is -0.335 e. The third-order valence-electron chi connectivity index (χ3n) is 5.42. The number of hydrogen-bond acceptors (Lipinski definition) is 6. The summed E-state index contributed by atoms with van der Waals surface area (Å²) in [5.74, 6) is 1.14. The molecule has 0 N–H and O–H groups in total. The maximum Gasteiger partial charge on any atom is 0.233 e. The van der Waals surface area contributed by atoms with Crippen LogP contribution in [0, 0.1) is 6.92 Å². The number of thioether (sulfide) groups is 1. The Morgan fingerprint density at radius 3 is 2.59 bits per heavy atom. The number of sulfone groups is 1. The summed E-state index contributed by atoms with van der Waals surface area (Å²) in [6.45, 7) is 6.02. The highest BCUT2D eigenvalue weighted by atomic mass is 32.2. The topological polar surface area (TPSA) is 85.2 Å². The summed E-state index contributed by atoms with van der Waals surface area (Å²) in [6.07, 6.45) is 1.30. The number of aromatic nitrogens is 3. The van der Waals surface area contributed by atoms with Gasteiger partial charge in [0.15, 0.2) is 20.8 Å². The highest BCUT2D eigenvalue weighted by molar-refractivity contribution is 7.99. The van der Waals surface area contributed by atoms with E-state index in [2.05, 4.69) is 10.2 Å². The van der Waals surface area contributed by atoms with Crippen molar-refractivity contribution in [3.63, 3.8) is 0 Å². The summed E-state index contributed by atoms with van der Waals surface area (Å²) >= 11 is 1.34. The van der Waals surface area contributed by atoms with Crippen molar-refractivity contribution in [1.29, 1.82) is 0 Å². The van der Waals surface area contributed by atoms with Gasteiger partial charge >= 0.3 is 0 Å². The van der Waals surface area contributed by atoms with Crippen LogP contribution < -0.4 is 0 Å². The van der Waals surface area contributed by atoms with Crippen molar-refractivity contribution in [3.8, 4) is 11.4 Å². The van der Waals surface area contributed by atoms with E-state index >= 15 is 0 Å². The van der Waals surface area contributed by atoms with Crippen LogP contribution in [-0.2, 0) is 21.7 Å². The Balaban J connectivity index is 1.71. The molecule has 2 aromatic rings. The molecular weight excluding hydrogens is 408 g/mol. The largest absolute Gasteiger partial charge is 0.335 e. The van der Waals surface area contributed by atoms with Crippen LogP contribution in [0.4, 0.5) is 0 Å². The van der Waals surface area contributed by atoms with Crippen LogP contribution in [0.1, 0.15) is 32.3 Å². The van der Waals surface area contributed by atoms with E-state index < -0.39 is 9.84 Å². The molecule has 2 heterocycles. The number of nitrogens with zero attached hydrogens (tertiary/aromatic N) is 4. The first-order valence-corrected chi connectivity index (χ1v) is 12.6. The molecule has 1 aliphatic heterocycles. The predicted octanol–water partition coefficient (Wildman–Crippen LogP) is 2.70. The van der Waals surface area contributed by atoms with Gasteiger partial charge in [-0.25, -0.2) is 8.42 Å². The molecule has 0 radical (unpaired) electrons. The fourth-order valence-corrected chi connectivity index (χ4v) is 6.09. The molecule has 2 atom stereocenters. The Labute approximate surface area is 176 Å². The molecule has 2 unspecified atom stereocenters. The van der Waals surface area contributed by atoms with Gasteiger partial charge in [0.2, 0.25) is 5.91 Å². The standard InChI is InChI=1S/C20H28N4O3S2/c1-5-15(3)24(17-10-11-29(26,27)13-17)18(25)12-28-20-22-21-19(23(20)4)16-8-6-14(2)7-9-16/h6-9,15,17H,5,10-13H2,1-4H3. The lowest BCUT2D eigenvalue weighted by Gasteiger charge is -2.33. The minimum atomic E-state index is -3.05. The number of hydrogen-bond donors (Lipinski definition) is 0. The molecular formula is C20H28N4O3S2. The number of carbonyl (C=O) groups excluding carboxylic acids is 1. The maximum absolute atomic E-state index is 13.0. The summed E-state index contributed by atoms with van der Waals surface area (Å²) < 4.78 is 25.7. The number of benzene rings is 1. The van der Waals surface area contributed by atoms with Gasteiger partial charge in [-0.1, -0.05) is 48.5 Å². The molecule has 3 rings (SSSR count). The fourth-order valence-electron chi connectivity index (χ4n) is 3.60. The van der Waals surface area contributed by atoms with Crippen LogP contribution in [-0.4, -0.2) is 63.3 Å². The van der Waals surface area contributed by atoms with E-state index in [1.807, 2.05) is 56.7 Å². The number of amides is 1. The molecule has 0 bridgehead atoms. The normalized spacial score (nSPS) is 19.2. The Morgan fingerprint density at radius 2 is 2.00 bits per heavy atom. The molecule has 1 aromatic carbocycles. The molecule has 0 spiro atoms. The molecule has 158 valence electrons. The van der Waals surface area contributed by atoms with E-state index in [1.54, 1.807) is 4.90 Å².